The van der Waals surface area contributed by atoms with Crippen LogP contribution in [0.4, 0.5) is 0 Å². The van der Waals surface area contributed by atoms with E-state index in [1.165, 1.54) is 0 Å². The highest BCUT2D eigenvalue weighted by Gasteiger charge is 2.40. The molecule has 1 N–H and O–H groups in total. The van der Waals surface area contributed by atoms with Gasteiger partial charge in [-0.05, 0) is 51.1 Å². The summed E-state index contributed by atoms with van der Waals surface area (Å²) in [6.07, 6.45) is 0.786. The van der Waals surface area contributed by atoms with Gasteiger partial charge in [0.15, 0.2) is 0 Å². The minimum absolute atomic E-state index is 0.414. The molecule has 3 heteroatoms. The van der Waals surface area contributed by atoms with Crippen LogP contribution >= 0.6 is 0 Å². The summed E-state index contributed by atoms with van der Waals surface area (Å²) in [6, 6.07) is 10.6. The molecule has 0 bridgehead atoms. The lowest BCUT2D eigenvalue weighted by atomic mass is 9.90. The number of aliphatic hydroxyl groups is 1. The predicted octanol–water partition coefficient (Wildman–Crippen LogP) is 2.45. The van der Waals surface area contributed by atoms with Crippen LogP contribution in [-0.2, 0) is 5.60 Å². The van der Waals surface area contributed by atoms with Crippen molar-refractivity contribution in [2.24, 2.45) is 0 Å². The molecule has 2 atom stereocenters. The maximum Gasteiger partial charge on any atom is 0.104 e. The number of nitrogens with zero attached hydrogens (tertiary/aromatic N) is 2. The van der Waals surface area contributed by atoms with E-state index in [4.69, 9.17) is 0 Å². The molecule has 2 unspecified atom stereocenters. The smallest absolute Gasteiger partial charge is 0.104 e. The number of aromatic nitrogens is 1. The van der Waals surface area contributed by atoms with E-state index in [0.29, 0.717) is 12.6 Å². The number of aryl methyl sites for hydroxylation is 1. The van der Waals surface area contributed by atoms with Gasteiger partial charge in [-0.15, -0.1) is 0 Å². The van der Waals surface area contributed by atoms with E-state index in [2.05, 4.69) is 36.0 Å². The summed E-state index contributed by atoms with van der Waals surface area (Å²) < 4.78 is 0. The summed E-state index contributed by atoms with van der Waals surface area (Å²) in [7, 11) is 2.06. The zero-order valence-corrected chi connectivity index (χ0v) is 11.7. The molecule has 0 radical (unpaired) electrons. The second-order valence-corrected chi connectivity index (χ2v) is 5.86. The molecule has 1 saturated heterocycles. The Balaban J connectivity index is 2.04. The first-order chi connectivity index (χ1) is 8.98. The fourth-order valence-electron chi connectivity index (χ4n) is 3.00. The number of rotatable bonds is 1. The van der Waals surface area contributed by atoms with Crippen molar-refractivity contribution < 1.29 is 5.11 Å². The Hall–Kier alpha value is -1.45. The van der Waals surface area contributed by atoms with Gasteiger partial charge in [-0.1, -0.05) is 12.1 Å². The summed E-state index contributed by atoms with van der Waals surface area (Å²) in [5.74, 6) is 0. The van der Waals surface area contributed by atoms with Gasteiger partial charge in [0.25, 0.3) is 0 Å². The fraction of sp³-hybridized carbons (Fsp3) is 0.438. The lowest BCUT2D eigenvalue weighted by Crippen LogP contribution is -2.29. The van der Waals surface area contributed by atoms with Crippen molar-refractivity contribution in [3.05, 3.63) is 41.6 Å². The van der Waals surface area contributed by atoms with Crippen LogP contribution in [0.15, 0.2) is 30.3 Å². The second kappa shape index (κ2) is 4.29. The first kappa shape index (κ1) is 12.6. The molecule has 1 aliphatic heterocycles. The quantitative estimate of drug-likeness (QED) is 0.851. The minimum Gasteiger partial charge on any atom is -0.384 e. The first-order valence-corrected chi connectivity index (χ1v) is 6.78. The Morgan fingerprint density at radius 1 is 1.32 bits per heavy atom. The summed E-state index contributed by atoms with van der Waals surface area (Å²) in [5, 5.41) is 12.0. The second-order valence-electron chi connectivity index (χ2n) is 5.86. The van der Waals surface area contributed by atoms with Crippen molar-refractivity contribution >= 4 is 10.9 Å². The standard InChI is InChI=1S/C16H20N2O/c1-11-4-5-13-8-14(6-7-15(13)17-11)16(19)9-12(2)18(3)10-16/h4-8,12,19H,9-10H2,1-3H3. The summed E-state index contributed by atoms with van der Waals surface area (Å²) >= 11 is 0. The van der Waals surface area contributed by atoms with E-state index in [1.54, 1.807) is 0 Å². The van der Waals surface area contributed by atoms with Crippen LogP contribution in [0, 0.1) is 6.92 Å². The van der Waals surface area contributed by atoms with Crippen LogP contribution in [0.5, 0.6) is 0 Å². The number of hydrogen-bond acceptors (Lipinski definition) is 3. The highest BCUT2D eigenvalue weighted by atomic mass is 16.3. The van der Waals surface area contributed by atoms with Crippen molar-refractivity contribution in [3.8, 4) is 0 Å². The van der Waals surface area contributed by atoms with Gasteiger partial charge in [-0.3, -0.25) is 4.98 Å². The molecule has 0 spiro atoms. The molecular formula is C16H20N2O. The fourth-order valence-corrected chi connectivity index (χ4v) is 3.00. The molecule has 2 heterocycles. The van der Waals surface area contributed by atoms with Crippen molar-refractivity contribution in [2.75, 3.05) is 13.6 Å². The molecule has 0 aliphatic carbocycles. The third kappa shape index (κ3) is 2.13. The van der Waals surface area contributed by atoms with Gasteiger partial charge in [-0.2, -0.15) is 0 Å². The molecular weight excluding hydrogens is 236 g/mol. The van der Waals surface area contributed by atoms with Gasteiger partial charge in [0.2, 0.25) is 0 Å². The average molecular weight is 256 g/mol. The van der Waals surface area contributed by atoms with E-state index in [1.807, 2.05) is 25.1 Å². The summed E-state index contributed by atoms with van der Waals surface area (Å²) in [4.78, 5) is 6.71. The monoisotopic (exact) mass is 256 g/mol. The van der Waals surface area contributed by atoms with Crippen LogP contribution in [0.1, 0.15) is 24.6 Å². The average Bonchev–Trinajstić information content (AvgIpc) is 2.63. The largest absolute Gasteiger partial charge is 0.384 e. The van der Waals surface area contributed by atoms with Crippen LogP contribution in [-0.4, -0.2) is 34.6 Å². The Kier molecular flexibility index (Phi) is 2.84. The highest BCUT2D eigenvalue weighted by Crippen LogP contribution is 2.35. The maximum atomic E-state index is 10.9. The number of pyridine rings is 1. The van der Waals surface area contributed by atoms with E-state index in [-0.39, 0.29) is 0 Å². The molecule has 2 aromatic rings. The zero-order valence-electron chi connectivity index (χ0n) is 11.7. The number of fused-ring (bicyclic) bond motifs is 1. The molecule has 1 fully saturated rings. The third-order valence-electron chi connectivity index (χ3n) is 4.26. The molecule has 3 nitrogen and oxygen atoms in total. The molecule has 1 aliphatic rings. The number of likely N-dealkylation sites (N-methyl/N-ethyl adjacent to an activating group) is 1. The minimum atomic E-state index is -0.729. The van der Waals surface area contributed by atoms with Crippen molar-refractivity contribution in [1.29, 1.82) is 0 Å². The van der Waals surface area contributed by atoms with Crippen LogP contribution < -0.4 is 0 Å². The summed E-state index contributed by atoms with van der Waals surface area (Å²) in [5.41, 5.74) is 2.29. The molecule has 0 amide bonds. The van der Waals surface area contributed by atoms with Gasteiger partial charge in [0.1, 0.15) is 5.60 Å². The van der Waals surface area contributed by atoms with E-state index in [9.17, 15) is 5.11 Å². The number of likely N-dealkylation sites (tertiary alicyclic amines) is 1. The Bertz CT molecular complexity index is 613. The SMILES string of the molecule is Cc1ccc2cc(C3(O)CC(C)N(C)C3)ccc2n1. The Morgan fingerprint density at radius 2 is 2.11 bits per heavy atom. The van der Waals surface area contributed by atoms with Crippen LogP contribution in [0.3, 0.4) is 0 Å². The van der Waals surface area contributed by atoms with E-state index in [0.717, 1.165) is 28.6 Å². The van der Waals surface area contributed by atoms with E-state index >= 15 is 0 Å². The maximum absolute atomic E-state index is 10.9. The van der Waals surface area contributed by atoms with Gasteiger partial charge < -0.3 is 10.0 Å². The third-order valence-corrected chi connectivity index (χ3v) is 4.26. The lowest BCUT2D eigenvalue weighted by molar-refractivity contribution is 0.0487. The van der Waals surface area contributed by atoms with Crippen molar-refractivity contribution in [2.45, 2.75) is 31.9 Å². The topological polar surface area (TPSA) is 36.4 Å². The van der Waals surface area contributed by atoms with E-state index < -0.39 is 5.60 Å². The van der Waals surface area contributed by atoms with Crippen molar-refractivity contribution in [3.63, 3.8) is 0 Å². The first-order valence-electron chi connectivity index (χ1n) is 6.78. The van der Waals surface area contributed by atoms with Crippen molar-refractivity contribution in [1.82, 2.24) is 9.88 Å². The number of benzene rings is 1. The predicted molar refractivity (Wildman–Crippen MR) is 77.1 cm³/mol. The number of hydrogen-bond donors (Lipinski definition) is 1. The Labute approximate surface area is 113 Å². The molecule has 19 heavy (non-hydrogen) atoms. The zero-order chi connectivity index (χ0) is 13.6. The molecule has 1 aromatic carbocycles. The van der Waals surface area contributed by atoms with Gasteiger partial charge in [0, 0.05) is 23.7 Å². The van der Waals surface area contributed by atoms with Gasteiger partial charge in [0.05, 0.1) is 5.52 Å². The lowest BCUT2D eigenvalue weighted by Gasteiger charge is -2.23. The Morgan fingerprint density at radius 3 is 2.79 bits per heavy atom. The van der Waals surface area contributed by atoms with Gasteiger partial charge in [-0.25, -0.2) is 0 Å². The normalized spacial score (nSPS) is 28.1. The summed E-state index contributed by atoms with van der Waals surface area (Å²) in [6.45, 7) is 4.84. The molecule has 100 valence electrons. The number of β-amino-alcohol motifs (C(OH)–C–C–N with tert-alkyl or cyclic N) is 1. The molecule has 1 aromatic heterocycles. The van der Waals surface area contributed by atoms with Crippen LogP contribution in [0.2, 0.25) is 0 Å². The van der Waals surface area contributed by atoms with Gasteiger partial charge >= 0.3 is 0 Å². The highest BCUT2D eigenvalue weighted by molar-refractivity contribution is 5.79. The van der Waals surface area contributed by atoms with Crippen LogP contribution in [0.25, 0.3) is 10.9 Å². The molecule has 0 saturated carbocycles. The molecule has 3 rings (SSSR count).